The van der Waals surface area contributed by atoms with Crippen molar-refractivity contribution in [2.75, 3.05) is 13.1 Å². The zero-order chi connectivity index (χ0) is 11.3. The molecule has 1 rings (SSSR count). The van der Waals surface area contributed by atoms with Gasteiger partial charge in [0.05, 0.1) is 6.07 Å². The Morgan fingerprint density at radius 3 is 2.53 bits per heavy atom. The molecule has 1 unspecified atom stereocenters. The summed E-state index contributed by atoms with van der Waals surface area (Å²) >= 11 is 0. The van der Waals surface area contributed by atoms with Gasteiger partial charge in [-0.25, -0.2) is 0 Å². The summed E-state index contributed by atoms with van der Waals surface area (Å²) in [6.45, 7) is 5.46. The Labute approximate surface area is 92.1 Å². The van der Waals surface area contributed by atoms with E-state index in [1.54, 1.807) is 0 Å². The van der Waals surface area contributed by atoms with Crippen LogP contribution >= 0.6 is 0 Å². The van der Waals surface area contributed by atoms with Gasteiger partial charge >= 0.3 is 0 Å². The molecule has 1 saturated carbocycles. The molecule has 0 aromatic rings. The van der Waals surface area contributed by atoms with E-state index in [1.807, 2.05) is 18.7 Å². The molecule has 0 aromatic carbocycles. The van der Waals surface area contributed by atoms with E-state index in [0.717, 1.165) is 13.1 Å². The number of carbonyl (C=O) groups is 1. The van der Waals surface area contributed by atoms with Crippen LogP contribution in [0.4, 0.5) is 0 Å². The summed E-state index contributed by atoms with van der Waals surface area (Å²) in [5.74, 6) is 0.268. The van der Waals surface area contributed by atoms with Gasteiger partial charge in [0, 0.05) is 13.1 Å². The summed E-state index contributed by atoms with van der Waals surface area (Å²) in [4.78, 5) is 13.8. The first-order valence-electron chi connectivity index (χ1n) is 5.91. The van der Waals surface area contributed by atoms with E-state index < -0.39 is 5.92 Å². The molecule has 0 aromatic heterocycles. The first kappa shape index (κ1) is 12.0. The number of hydrogen-bond acceptors (Lipinski definition) is 2. The maximum absolute atomic E-state index is 11.9. The highest BCUT2D eigenvalue weighted by Gasteiger charge is 2.26. The lowest BCUT2D eigenvalue weighted by Gasteiger charge is -2.32. The molecule has 1 atom stereocenters. The molecule has 0 heterocycles. The Kier molecular flexibility index (Phi) is 4.61. The van der Waals surface area contributed by atoms with Crippen LogP contribution in [0, 0.1) is 23.2 Å². The average molecular weight is 208 g/mol. The molecular weight excluding hydrogens is 188 g/mol. The van der Waals surface area contributed by atoms with Crippen molar-refractivity contribution in [1.29, 1.82) is 5.26 Å². The van der Waals surface area contributed by atoms with Crippen molar-refractivity contribution in [3.8, 4) is 6.07 Å². The number of hydrogen-bond donors (Lipinski definition) is 0. The molecule has 15 heavy (non-hydrogen) atoms. The maximum Gasteiger partial charge on any atom is 0.239 e. The highest BCUT2D eigenvalue weighted by atomic mass is 16.2. The van der Waals surface area contributed by atoms with Crippen LogP contribution in [-0.4, -0.2) is 23.9 Å². The van der Waals surface area contributed by atoms with Gasteiger partial charge in [0.15, 0.2) is 0 Å². The smallest absolute Gasteiger partial charge is 0.239 e. The molecule has 1 aliphatic carbocycles. The molecule has 0 bridgehead atoms. The van der Waals surface area contributed by atoms with Gasteiger partial charge in [0.2, 0.25) is 5.91 Å². The van der Waals surface area contributed by atoms with E-state index in [9.17, 15) is 4.79 Å². The Morgan fingerprint density at radius 1 is 1.53 bits per heavy atom. The predicted octanol–water partition coefficient (Wildman–Crippen LogP) is 2.18. The predicted molar refractivity (Wildman–Crippen MR) is 59.0 cm³/mol. The van der Waals surface area contributed by atoms with Crippen LogP contribution in [0.25, 0.3) is 0 Å². The van der Waals surface area contributed by atoms with Gasteiger partial charge in [-0.2, -0.15) is 5.26 Å². The molecule has 1 aliphatic rings. The lowest BCUT2D eigenvalue weighted by atomic mass is 9.85. The normalized spacial score (nSPS) is 17.7. The third-order valence-corrected chi connectivity index (χ3v) is 3.26. The van der Waals surface area contributed by atoms with Gasteiger partial charge in [0.25, 0.3) is 0 Å². The summed E-state index contributed by atoms with van der Waals surface area (Å²) in [7, 11) is 0. The summed E-state index contributed by atoms with van der Waals surface area (Å²) < 4.78 is 0. The van der Waals surface area contributed by atoms with Crippen molar-refractivity contribution >= 4 is 5.91 Å². The van der Waals surface area contributed by atoms with Crippen LogP contribution in [0.1, 0.15) is 39.5 Å². The van der Waals surface area contributed by atoms with Gasteiger partial charge in [-0.3, -0.25) is 4.79 Å². The minimum Gasteiger partial charge on any atom is -0.342 e. The molecule has 1 fully saturated rings. The molecule has 3 heteroatoms. The van der Waals surface area contributed by atoms with E-state index >= 15 is 0 Å². The van der Waals surface area contributed by atoms with Crippen LogP contribution in [0.3, 0.4) is 0 Å². The van der Waals surface area contributed by atoms with Crippen LogP contribution < -0.4 is 0 Å². The zero-order valence-corrected chi connectivity index (χ0v) is 9.70. The van der Waals surface area contributed by atoms with Crippen LogP contribution in [0.15, 0.2) is 0 Å². The summed E-state index contributed by atoms with van der Waals surface area (Å²) in [5, 5.41) is 8.85. The lowest BCUT2D eigenvalue weighted by molar-refractivity contribution is -0.134. The van der Waals surface area contributed by atoms with E-state index in [0.29, 0.717) is 12.3 Å². The molecular formula is C12H20N2O. The van der Waals surface area contributed by atoms with Gasteiger partial charge in [-0.05, 0) is 32.1 Å². The van der Waals surface area contributed by atoms with Gasteiger partial charge in [0.1, 0.15) is 5.92 Å². The fraction of sp³-hybridized carbons (Fsp3) is 0.833. The average Bonchev–Trinajstić information content (AvgIpc) is 2.18. The number of nitriles is 1. The SMILES string of the molecule is CCC(C#N)C(=O)N(CC)CC1CCC1. The summed E-state index contributed by atoms with van der Waals surface area (Å²) in [6.07, 6.45) is 4.41. The van der Waals surface area contributed by atoms with Crippen LogP contribution in [0.5, 0.6) is 0 Å². The van der Waals surface area contributed by atoms with E-state index in [1.165, 1.54) is 19.3 Å². The third-order valence-electron chi connectivity index (χ3n) is 3.26. The molecule has 0 radical (unpaired) electrons. The fourth-order valence-corrected chi connectivity index (χ4v) is 1.90. The van der Waals surface area contributed by atoms with Gasteiger partial charge in [-0.15, -0.1) is 0 Å². The van der Waals surface area contributed by atoms with E-state index in [-0.39, 0.29) is 5.91 Å². The van der Waals surface area contributed by atoms with E-state index in [4.69, 9.17) is 5.26 Å². The Bertz CT molecular complexity index is 253. The molecule has 0 saturated heterocycles. The second kappa shape index (κ2) is 5.75. The van der Waals surface area contributed by atoms with Gasteiger partial charge in [-0.1, -0.05) is 13.3 Å². The topological polar surface area (TPSA) is 44.1 Å². The van der Waals surface area contributed by atoms with Crippen LogP contribution in [-0.2, 0) is 4.79 Å². The number of nitrogens with zero attached hydrogens (tertiary/aromatic N) is 2. The molecule has 0 aliphatic heterocycles. The maximum atomic E-state index is 11.9. The Hall–Kier alpha value is -1.04. The molecule has 0 spiro atoms. The minimum absolute atomic E-state index is 0.0226. The van der Waals surface area contributed by atoms with Crippen molar-refractivity contribution in [2.24, 2.45) is 11.8 Å². The van der Waals surface area contributed by atoms with Gasteiger partial charge < -0.3 is 4.90 Å². The van der Waals surface area contributed by atoms with Crippen molar-refractivity contribution in [2.45, 2.75) is 39.5 Å². The van der Waals surface area contributed by atoms with Crippen molar-refractivity contribution in [1.82, 2.24) is 4.90 Å². The molecule has 1 amide bonds. The van der Waals surface area contributed by atoms with Crippen LogP contribution in [0.2, 0.25) is 0 Å². The lowest BCUT2D eigenvalue weighted by Crippen LogP contribution is -2.40. The number of rotatable bonds is 5. The largest absolute Gasteiger partial charge is 0.342 e. The van der Waals surface area contributed by atoms with Crippen molar-refractivity contribution in [3.63, 3.8) is 0 Å². The highest BCUT2D eigenvalue weighted by Crippen LogP contribution is 2.27. The first-order valence-corrected chi connectivity index (χ1v) is 5.91. The minimum atomic E-state index is -0.440. The zero-order valence-electron chi connectivity index (χ0n) is 9.70. The standard InChI is InChI=1S/C12H20N2O/c1-3-11(8-13)12(15)14(4-2)9-10-6-5-7-10/h10-11H,3-7,9H2,1-2H3. The number of amides is 1. The number of carbonyl (C=O) groups excluding carboxylic acids is 1. The van der Waals surface area contributed by atoms with Crippen molar-refractivity contribution < 1.29 is 4.79 Å². The van der Waals surface area contributed by atoms with E-state index in [2.05, 4.69) is 6.07 Å². The monoisotopic (exact) mass is 208 g/mol. The second-order valence-corrected chi connectivity index (χ2v) is 4.26. The summed E-state index contributed by atoms with van der Waals surface area (Å²) in [6, 6.07) is 2.08. The molecule has 0 N–H and O–H groups in total. The second-order valence-electron chi connectivity index (χ2n) is 4.26. The Balaban J connectivity index is 2.48. The molecule has 84 valence electrons. The highest BCUT2D eigenvalue weighted by molar-refractivity contribution is 5.81. The third kappa shape index (κ3) is 2.95. The van der Waals surface area contributed by atoms with Crippen molar-refractivity contribution in [3.05, 3.63) is 0 Å². The first-order chi connectivity index (χ1) is 7.22. The Morgan fingerprint density at radius 2 is 2.20 bits per heavy atom. The summed E-state index contributed by atoms with van der Waals surface area (Å²) in [5.41, 5.74) is 0. The molecule has 3 nitrogen and oxygen atoms in total. The fourth-order valence-electron chi connectivity index (χ4n) is 1.90. The quantitative estimate of drug-likeness (QED) is 0.695.